The molecule has 0 saturated heterocycles. The molecule has 1 aliphatic heterocycles. The standard InChI is InChI=1S/C5H9N3O/c6-3-1-9-2-4(7)5(3)8/h1H,2,6-8H2. The largest absolute Gasteiger partial charge is 0.493 e. The first-order valence-electron chi connectivity index (χ1n) is 2.53. The maximum absolute atomic E-state index is 5.40. The second-order valence-electron chi connectivity index (χ2n) is 1.82. The monoisotopic (exact) mass is 127 g/mol. The molecule has 50 valence electrons. The van der Waals surface area contributed by atoms with Crippen LogP contribution in [0.25, 0.3) is 0 Å². The molecule has 0 radical (unpaired) electrons. The number of hydrogen-bond donors (Lipinski definition) is 3. The minimum Gasteiger partial charge on any atom is -0.493 e. The van der Waals surface area contributed by atoms with E-state index in [0.29, 0.717) is 23.7 Å². The summed E-state index contributed by atoms with van der Waals surface area (Å²) in [6, 6.07) is 0. The number of nitrogens with two attached hydrogens (primary N) is 3. The third-order valence-corrected chi connectivity index (χ3v) is 1.11. The SMILES string of the molecule is NC1=COCC(N)=C1N. The zero-order valence-electron chi connectivity index (χ0n) is 4.92. The van der Waals surface area contributed by atoms with Crippen molar-refractivity contribution in [2.75, 3.05) is 6.61 Å². The highest BCUT2D eigenvalue weighted by molar-refractivity contribution is 5.30. The van der Waals surface area contributed by atoms with Crippen LogP contribution in [-0.2, 0) is 4.74 Å². The first kappa shape index (κ1) is 5.81. The van der Waals surface area contributed by atoms with Gasteiger partial charge < -0.3 is 21.9 Å². The fraction of sp³-hybridized carbons (Fsp3) is 0.200. The van der Waals surface area contributed by atoms with Gasteiger partial charge in [-0.05, 0) is 0 Å². The van der Waals surface area contributed by atoms with Crippen molar-refractivity contribution in [3.8, 4) is 0 Å². The molecule has 4 nitrogen and oxygen atoms in total. The van der Waals surface area contributed by atoms with Gasteiger partial charge in [0.1, 0.15) is 12.9 Å². The van der Waals surface area contributed by atoms with Gasteiger partial charge in [0.2, 0.25) is 0 Å². The second-order valence-corrected chi connectivity index (χ2v) is 1.82. The predicted molar refractivity (Wildman–Crippen MR) is 33.6 cm³/mol. The van der Waals surface area contributed by atoms with Crippen LogP contribution in [0.1, 0.15) is 0 Å². The molecule has 0 bridgehead atoms. The molecule has 0 aromatic rings. The van der Waals surface area contributed by atoms with Crippen molar-refractivity contribution in [2.24, 2.45) is 17.2 Å². The molecule has 0 aromatic heterocycles. The van der Waals surface area contributed by atoms with Crippen LogP contribution in [0, 0.1) is 0 Å². The molecular weight excluding hydrogens is 118 g/mol. The maximum Gasteiger partial charge on any atom is 0.129 e. The van der Waals surface area contributed by atoms with E-state index in [1.807, 2.05) is 0 Å². The van der Waals surface area contributed by atoms with Crippen molar-refractivity contribution in [1.82, 2.24) is 0 Å². The Morgan fingerprint density at radius 2 is 2.00 bits per heavy atom. The lowest BCUT2D eigenvalue weighted by Crippen LogP contribution is -2.22. The fourth-order valence-corrected chi connectivity index (χ4v) is 0.548. The summed E-state index contributed by atoms with van der Waals surface area (Å²) in [6.07, 6.45) is 1.39. The quantitative estimate of drug-likeness (QED) is 0.387. The van der Waals surface area contributed by atoms with Gasteiger partial charge in [0.05, 0.1) is 17.1 Å². The average molecular weight is 127 g/mol. The zero-order chi connectivity index (χ0) is 6.85. The molecule has 0 amide bonds. The van der Waals surface area contributed by atoms with E-state index in [9.17, 15) is 0 Å². The lowest BCUT2D eigenvalue weighted by atomic mass is 10.2. The normalized spacial score (nSPS) is 18.9. The molecule has 4 heteroatoms. The second kappa shape index (κ2) is 1.89. The maximum atomic E-state index is 5.40. The van der Waals surface area contributed by atoms with E-state index in [0.717, 1.165) is 0 Å². The summed E-state index contributed by atoms with van der Waals surface area (Å²) in [6.45, 7) is 0.340. The molecule has 1 aliphatic rings. The summed E-state index contributed by atoms with van der Waals surface area (Å²) < 4.78 is 4.81. The molecule has 6 N–H and O–H groups in total. The molecule has 0 atom stereocenters. The van der Waals surface area contributed by atoms with E-state index < -0.39 is 0 Å². The first-order valence-corrected chi connectivity index (χ1v) is 2.53. The van der Waals surface area contributed by atoms with Crippen LogP contribution in [0.15, 0.2) is 23.4 Å². The van der Waals surface area contributed by atoms with Gasteiger partial charge in [0, 0.05) is 0 Å². The molecule has 1 heterocycles. The Bertz CT molecular complexity index is 183. The Morgan fingerprint density at radius 3 is 2.44 bits per heavy atom. The van der Waals surface area contributed by atoms with E-state index >= 15 is 0 Å². The van der Waals surface area contributed by atoms with E-state index in [1.54, 1.807) is 0 Å². The molecule has 0 spiro atoms. The fourth-order valence-electron chi connectivity index (χ4n) is 0.548. The van der Waals surface area contributed by atoms with Gasteiger partial charge >= 0.3 is 0 Å². The molecule has 1 rings (SSSR count). The number of ether oxygens (including phenoxy) is 1. The van der Waals surface area contributed by atoms with Crippen molar-refractivity contribution >= 4 is 0 Å². The van der Waals surface area contributed by atoms with Crippen LogP contribution in [0.5, 0.6) is 0 Å². The first-order chi connectivity index (χ1) is 4.22. The summed E-state index contributed by atoms with van der Waals surface area (Å²) in [7, 11) is 0. The van der Waals surface area contributed by atoms with Gasteiger partial charge in [-0.1, -0.05) is 0 Å². The number of hydrogen-bond acceptors (Lipinski definition) is 4. The Kier molecular flexibility index (Phi) is 1.22. The van der Waals surface area contributed by atoms with Gasteiger partial charge in [-0.2, -0.15) is 0 Å². The highest BCUT2D eigenvalue weighted by Crippen LogP contribution is 2.06. The van der Waals surface area contributed by atoms with Gasteiger partial charge in [-0.15, -0.1) is 0 Å². The Balaban J connectivity index is 2.88. The van der Waals surface area contributed by atoms with E-state index in [4.69, 9.17) is 21.9 Å². The molecular formula is C5H9N3O. The summed E-state index contributed by atoms with van der Waals surface area (Å²) in [5, 5.41) is 0. The van der Waals surface area contributed by atoms with Gasteiger partial charge in [0.15, 0.2) is 0 Å². The molecule has 0 saturated carbocycles. The van der Waals surface area contributed by atoms with Crippen LogP contribution in [0.4, 0.5) is 0 Å². The van der Waals surface area contributed by atoms with Crippen LogP contribution < -0.4 is 17.2 Å². The van der Waals surface area contributed by atoms with Crippen LogP contribution in [0.2, 0.25) is 0 Å². The summed E-state index contributed by atoms with van der Waals surface area (Å²) in [5.74, 6) is 0. The van der Waals surface area contributed by atoms with Crippen molar-refractivity contribution in [3.05, 3.63) is 23.4 Å². The smallest absolute Gasteiger partial charge is 0.129 e. The van der Waals surface area contributed by atoms with E-state index in [1.165, 1.54) is 6.26 Å². The van der Waals surface area contributed by atoms with Crippen LogP contribution in [0.3, 0.4) is 0 Å². The third-order valence-electron chi connectivity index (χ3n) is 1.11. The van der Waals surface area contributed by atoms with Crippen molar-refractivity contribution in [1.29, 1.82) is 0 Å². The molecule has 9 heavy (non-hydrogen) atoms. The van der Waals surface area contributed by atoms with Crippen molar-refractivity contribution in [2.45, 2.75) is 0 Å². The predicted octanol–water partition coefficient (Wildman–Crippen LogP) is -1.05. The lowest BCUT2D eigenvalue weighted by Gasteiger charge is -2.12. The number of rotatable bonds is 0. The van der Waals surface area contributed by atoms with Gasteiger partial charge in [0.25, 0.3) is 0 Å². The summed E-state index contributed by atoms with van der Waals surface area (Å²) in [5.41, 5.74) is 17.5. The topological polar surface area (TPSA) is 87.3 Å². The highest BCUT2D eigenvalue weighted by Gasteiger charge is 2.06. The summed E-state index contributed by atoms with van der Waals surface area (Å²) in [4.78, 5) is 0. The van der Waals surface area contributed by atoms with E-state index in [2.05, 4.69) is 0 Å². The molecule has 0 unspecified atom stereocenters. The minimum atomic E-state index is 0.340. The highest BCUT2D eigenvalue weighted by atomic mass is 16.5. The molecule has 0 aromatic carbocycles. The van der Waals surface area contributed by atoms with Crippen LogP contribution in [-0.4, -0.2) is 6.61 Å². The lowest BCUT2D eigenvalue weighted by molar-refractivity contribution is 0.268. The van der Waals surface area contributed by atoms with E-state index in [-0.39, 0.29) is 0 Å². The van der Waals surface area contributed by atoms with Gasteiger partial charge in [-0.3, -0.25) is 0 Å². The van der Waals surface area contributed by atoms with Crippen LogP contribution >= 0.6 is 0 Å². The minimum absolute atomic E-state index is 0.340. The Morgan fingerprint density at radius 1 is 1.33 bits per heavy atom. The third kappa shape index (κ3) is 0.910. The molecule has 0 fully saturated rings. The van der Waals surface area contributed by atoms with Crippen molar-refractivity contribution in [3.63, 3.8) is 0 Å². The van der Waals surface area contributed by atoms with Crippen molar-refractivity contribution < 1.29 is 4.74 Å². The van der Waals surface area contributed by atoms with Gasteiger partial charge in [-0.25, -0.2) is 0 Å². The average Bonchev–Trinajstić information content (AvgIpc) is 1.83. The zero-order valence-corrected chi connectivity index (χ0v) is 4.92. The Labute approximate surface area is 52.9 Å². The Hall–Kier alpha value is -1.32. The summed E-state index contributed by atoms with van der Waals surface area (Å²) >= 11 is 0. The molecule has 0 aliphatic carbocycles.